The second-order valence-corrected chi connectivity index (χ2v) is 5.47. The number of carbonyl (C=O) groups excluding carboxylic acids is 1. The van der Waals surface area contributed by atoms with Crippen molar-refractivity contribution < 1.29 is 22.4 Å². The predicted molar refractivity (Wildman–Crippen MR) is 80.1 cm³/mol. The Kier molecular flexibility index (Phi) is 5.12. The summed E-state index contributed by atoms with van der Waals surface area (Å²) in [5.74, 6) is -0.690. The monoisotopic (exact) mass is 361 g/mol. The number of halogens is 4. The van der Waals surface area contributed by atoms with Gasteiger partial charge in [0.15, 0.2) is 5.69 Å². The summed E-state index contributed by atoms with van der Waals surface area (Å²) in [6.07, 6.45) is -2.58. The predicted octanol–water partition coefficient (Wildman–Crippen LogP) is 3.02. The van der Waals surface area contributed by atoms with Crippen LogP contribution >= 0.6 is 11.3 Å². The summed E-state index contributed by atoms with van der Waals surface area (Å²) in [4.78, 5) is 17.9. The van der Waals surface area contributed by atoms with E-state index in [2.05, 4.69) is 20.4 Å². The molecular weight excluding hydrogens is 350 g/mol. The molecule has 0 fully saturated rings. The topological polar surface area (TPSA) is 79.3 Å². The maximum absolute atomic E-state index is 13.2. The Balaban J connectivity index is 2.48. The number of amides is 2. The van der Waals surface area contributed by atoms with E-state index >= 15 is 0 Å². The molecule has 0 unspecified atom stereocenters. The van der Waals surface area contributed by atoms with E-state index in [1.54, 1.807) is 0 Å². The first-order valence-electron chi connectivity index (χ1n) is 6.43. The number of thiazole rings is 1. The SMILES string of the molecule is CNC(=O)N/N=C(\C)c1sc(-c2cncc(F)c2)nc1C(F)(F)F. The first-order valence-corrected chi connectivity index (χ1v) is 7.25. The maximum atomic E-state index is 13.2. The van der Waals surface area contributed by atoms with Gasteiger partial charge < -0.3 is 5.32 Å². The number of nitrogens with one attached hydrogen (secondary N) is 2. The van der Waals surface area contributed by atoms with E-state index in [9.17, 15) is 22.4 Å². The second-order valence-electron chi connectivity index (χ2n) is 4.47. The molecule has 0 aliphatic carbocycles. The van der Waals surface area contributed by atoms with E-state index in [4.69, 9.17) is 0 Å². The standard InChI is InChI=1S/C13H11F4N5OS/c1-6(21-22-12(23)18-2)9-10(13(15,16)17)20-11(24-9)7-3-8(14)5-19-4-7/h3-5H,1-2H3,(H2,18,22,23)/b21-6+. The highest BCUT2D eigenvalue weighted by molar-refractivity contribution is 7.17. The van der Waals surface area contributed by atoms with Crippen LogP contribution in [-0.2, 0) is 6.18 Å². The quantitative estimate of drug-likeness (QED) is 0.501. The molecule has 0 bridgehead atoms. The molecule has 0 atom stereocenters. The number of nitrogens with zero attached hydrogens (tertiary/aromatic N) is 3. The highest BCUT2D eigenvalue weighted by Crippen LogP contribution is 2.37. The Labute approximate surface area is 137 Å². The molecule has 2 rings (SSSR count). The van der Waals surface area contributed by atoms with Crippen LogP contribution in [0.15, 0.2) is 23.6 Å². The van der Waals surface area contributed by atoms with Gasteiger partial charge in [0.25, 0.3) is 0 Å². The summed E-state index contributed by atoms with van der Waals surface area (Å²) in [6.45, 7) is 1.30. The van der Waals surface area contributed by atoms with Crippen LogP contribution in [0.1, 0.15) is 17.5 Å². The third kappa shape index (κ3) is 4.04. The minimum atomic E-state index is -4.73. The van der Waals surface area contributed by atoms with Gasteiger partial charge in [-0.3, -0.25) is 4.98 Å². The number of aromatic nitrogens is 2. The van der Waals surface area contributed by atoms with Crippen molar-refractivity contribution in [2.45, 2.75) is 13.1 Å². The highest BCUT2D eigenvalue weighted by Gasteiger charge is 2.38. The molecule has 128 valence electrons. The Morgan fingerprint density at radius 2 is 2.04 bits per heavy atom. The van der Waals surface area contributed by atoms with Crippen molar-refractivity contribution in [1.29, 1.82) is 0 Å². The summed E-state index contributed by atoms with van der Waals surface area (Å²) in [6, 6.07) is 0.354. The van der Waals surface area contributed by atoms with E-state index < -0.39 is 23.7 Å². The molecule has 0 spiro atoms. The van der Waals surface area contributed by atoms with Crippen LogP contribution in [0.2, 0.25) is 0 Å². The summed E-state index contributed by atoms with van der Waals surface area (Å²) >= 11 is 0.675. The zero-order valence-corrected chi connectivity index (χ0v) is 13.2. The van der Waals surface area contributed by atoms with Gasteiger partial charge in [-0.15, -0.1) is 11.3 Å². The lowest BCUT2D eigenvalue weighted by atomic mass is 10.2. The molecule has 2 aromatic rings. The smallest absolute Gasteiger partial charge is 0.340 e. The van der Waals surface area contributed by atoms with Gasteiger partial charge in [-0.05, 0) is 13.0 Å². The number of alkyl halides is 3. The summed E-state index contributed by atoms with van der Waals surface area (Å²) in [7, 11) is 1.34. The highest BCUT2D eigenvalue weighted by atomic mass is 32.1. The minimum absolute atomic E-state index is 0.0566. The van der Waals surface area contributed by atoms with Crippen molar-refractivity contribution in [3.05, 3.63) is 34.8 Å². The number of rotatable bonds is 3. The fraction of sp³-hybridized carbons (Fsp3) is 0.231. The summed E-state index contributed by atoms with van der Waals surface area (Å²) < 4.78 is 52.8. The zero-order chi connectivity index (χ0) is 17.9. The van der Waals surface area contributed by atoms with E-state index in [1.807, 2.05) is 5.43 Å². The lowest BCUT2D eigenvalue weighted by molar-refractivity contribution is -0.140. The molecule has 2 aromatic heterocycles. The summed E-state index contributed by atoms with van der Waals surface area (Å²) in [5.41, 5.74) is 0.914. The Bertz CT molecular complexity index is 787. The number of hydrogen-bond donors (Lipinski definition) is 2. The normalized spacial score (nSPS) is 12.2. The van der Waals surface area contributed by atoms with Crippen molar-refractivity contribution >= 4 is 23.1 Å². The van der Waals surface area contributed by atoms with E-state index in [0.717, 1.165) is 12.3 Å². The first kappa shape index (κ1) is 17.8. The molecule has 6 nitrogen and oxygen atoms in total. The van der Waals surface area contributed by atoms with Crippen LogP contribution < -0.4 is 10.7 Å². The Hall–Kier alpha value is -2.56. The largest absolute Gasteiger partial charge is 0.434 e. The molecule has 2 amide bonds. The number of hydrazone groups is 1. The fourth-order valence-corrected chi connectivity index (χ4v) is 2.66. The van der Waals surface area contributed by atoms with Crippen molar-refractivity contribution in [2.24, 2.45) is 5.10 Å². The second kappa shape index (κ2) is 6.91. The number of carbonyl (C=O) groups is 1. The lowest BCUT2D eigenvalue weighted by Gasteiger charge is -2.05. The number of urea groups is 1. The maximum Gasteiger partial charge on any atom is 0.434 e. The average molecular weight is 361 g/mol. The van der Waals surface area contributed by atoms with Gasteiger partial charge in [0.2, 0.25) is 0 Å². The molecule has 0 aliphatic rings. The van der Waals surface area contributed by atoms with Crippen LogP contribution in [0.25, 0.3) is 10.6 Å². The average Bonchev–Trinajstić information content (AvgIpc) is 2.98. The van der Waals surface area contributed by atoms with Gasteiger partial charge in [-0.25, -0.2) is 19.6 Å². The molecule has 0 saturated heterocycles. The third-order valence-electron chi connectivity index (χ3n) is 2.73. The third-order valence-corrected chi connectivity index (χ3v) is 3.94. The van der Waals surface area contributed by atoms with Crippen LogP contribution in [0.5, 0.6) is 0 Å². The molecule has 2 heterocycles. The van der Waals surface area contributed by atoms with Gasteiger partial charge in [0, 0.05) is 18.8 Å². The van der Waals surface area contributed by atoms with E-state index in [-0.39, 0.29) is 21.2 Å². The molecule has 24 heavy (non-hydrogen) atoms. The zero-order valence-electron chi connectivity index (χ0n) is 12.4. The molecule has 0 aromatic carbocycles. The first-order chi connectivity index (χ1) is 11.2. The van der Waals surface area contributed by atoms with Crippen LogP contribution in [0.4, 0.5) is 22.4 Å². The Morgan fingerprint density at radius 1 is 1.33 bits per heavy atom. The Morgan fingerprint density at radius 3 is 2.62 bits per heavy atom. The number of hydrogen-bond acceptors (Lipinski definition) is 5. The molecule has 2 N–H and O–H groups in total. The number of pyridine rings is 1. The van der Waals surface area contributed by atoms with Crippen LogP contribution in [0, 0.1) is 5.82 Å². The van der Waals surface area contributed by atoms with Crippen molar-refractivity contribution in [1.82, 2.24) is 20.7 Å². The van der Waals surface area contributed by atoms with E-state index in [0.29, 0.717) is 11.3 Å². The summed E-state index contributed by atoms with van der Waals surface area (Å²) in [5, 5.41) is 5.75. The van der Waals surface area contributed by atoms with Gasteiger partial charge in [-0.1, -0.05) is 0 Å². The molecule has 0 aliphatic heterocycles. The minimum Gasteiger partial charge on any atom is -0.340 e. The van der Waals surface area contributed by atoms with E-state index in [1.165, 1.54) is 20.2 Å². The van der Waals surface area contributed by atoms with Gasteiger partial charge in [0.05, 0.1) is 16.8 Å². The van der Waals surface area contributed by atoms with Crippen molar-refractivity contribution in [3.8, 4) is 10.6 Å². The molecule has 0 saturated carbocycles. The molecule has 11 heteroatoms. The van der Waals surface area contributed by atoms with Gasteiger partial charge in [0.1, 0.15) is 10.8 Å². The van der Waals surface area contributed by atoms with Crippen molar-refractivity contribution in [3.63, 3.8) is 0 Å². The van der Waals surface area contributed by atoms with Crippen LogP contribution in [-0.4, -0.2) is 28.8 Å². The fourth-order valence-electron chi connectivity index (χ4n) is 1.65. The van der Waals surface area contributed by atoms with Gasteiger partial charge >= 0.3 is 12.2 Å². The van der Waals surface area contributed by atoms with Crippen molar-refractivity contribution in [2.75, 3.05) is 7.05 Å². The van der Waals surface area contributed by atoms with Gasteiger partial charge in [-0.2, -0.15) is 18.3 Å². The molecule has 0 radical (unpaired) electrons. The van der Waals surface area contributed by atoms with Crippen LogP contribution in [0.3, 0.4) is 0 Å². The molecular formula is C13H11F4N5OS. The lowest BCUT2D eigenvalue weighted by Crippen LogP contribution is -2.29.